The van der Waals surface area contributed by atoms with Crippen LogP contribution in [0.2, 0.25) is 0 Å². The zero-order chi connectivity index (χ0) is 13.1. The van der Waals surface area contributed by atoms with Gasteiger partial charge < -0.3 is 10.6 Å². The third kappa shape index (κ3) is 3.90. The lowest BCUT2D eigenvalue weighted by atomic mass is 10.1. The molecule has 0 heterocycles. The van der Waals surface area contributed by atoms with Crippen molar-refractivity contribution in [3.63, 3.8) is 0 Å². The Morgan fingerprint density at radius 2 is 2.06 bits per heavy atom. The van der Waals surface area contributed by atoms with Crippen LogP contribution in [0.25, 0.3) is 0 Å². The van der Waals surface area contributed by atoms with Gasteiger partial charge in [-0.15, -0.1) is 0 Å². The molecule has 0 radical (unpaired) electrons. The van der Waals surface area contributed by atoms with Crippen LogP contribution in [0.1, 0.15) is 12.5 Å². The highest BCUT2D eigenvalue weighted by atomic mass is 32.2. The van der Waals surface area contributed by atoms with Gasteiger partial charge >= 0.3 is 0 Å². The van der Waals surface area contributed by atoms with Gasteiger partial charge in [0.2, 0.25) is 0 Å². The van der Waals surface area contributed by atoms with E-state index in [-0.39, 0.29) is 12.3 Å². The molecular formula is C11H18N2O3S. The minimum Gasteiger partial charge on any atom is -0.397 e. The molecule has 0 saturated carbocycles. The van der Waals surface area contributed by atoms with Crippen LogP contribution in [0.15, 0.2) is 18.2 Å². The molecule has 17 heavy (non-hydrogen) atoms. The van der Waals surface area contributed by atoms with Crippen molar-refractivity contribution < 1.29 is 13.0 Å². The quantitative estimate of drug-likeness (QED) is 0.614. The Morgan fingerprint density at radius 3 is 2.59 bits per heavy atom. The average Bonchev–Trinajstić information content (AvgIpc) is 2.23. The second-order valence-corrected chi connectivity index (χ2v) is 5.45. The number of hydrogen-bond acceptors (Lipinski definition) is 4. The number of rotatable bonds is 5. The highest BCUT2D eigenvalue weighted by molar-refractivity contribution is 7.85. The van der Waals surface area contributed by atoms with Crippen molar-refractivity contribution >= 4 is 21.5 Å². The van der Waals surface area contributed by atoms with Gasteiger partial charge in [-0.05, 0) is 25.5 Å². The fourth-order valence-corrected chi connectivity index (χ4v) is 2.07. The van der Waals surface area contributed by atoms with Gasteiger partial charge in [0.1, 0.15) is 0 Å². The molecule has 1 aromatic carbocycles. The summed E-state index contributed by atoms with van der Waals surface area (Å²) in [6.07, 6.45) is 0. The van der Waals surface area contributed by atoms with Gasteiger partial charge in [-0.3, -0.25) is 4.55 Å². The van der Waals surface area contributed by atoms with Crippen molar-refractivity contribution in [2.24, 2.45) is 0 Å². The van der Waals surface area contributed by atoms with Crippen LogP contribution in [-0.4, -0.2) is 31.8 Å². The number of nitrogen functional groups attached to an aromatic ring is 1. The highest BCUT2D eigenvalue weighted by Gasteiger charge is 2.12. The second-order valence-electron chi connectivity index (χ2n) is 3.87. The average molecular weight is 258 g/mol. The van der Waals surface area contributed by atoms with Crippen LogP contribution in [0.5, 0.6) is 0 Å². The van der Waals surface area contributed by atoms with Crippen LogP contribution in [0.3, 0.4) is 0 Å². The summed E-state index contributed by atoms with van der Waals surface area (Å²) in [5.74, 6) is -0.297. The first-order chi connectivity index (χ1) is 7.85. The molecule has 5 nitrogen and oxygen atoms in total. The molecule has 1 aromatic rings. The zero-order valence-electron chi connectivity index (χ0n) is 10.0. The Morgan fingerprint density at radius 1 is 1.41 bits per heavy atom. The minimum absolute atomic E-state index is 0.225. The van der Waals surface area contributed by atoms with Gasteiger partial charge in [-0.2, -0.15) is 8.42 Å². The molecule has 0 aliphatic heterocycles. The molecule has 0 spiro atoms. The van der Waals surface area contributed by atoms with E-state index in [1.54, 1.807) is 0 Å². The summed E-state index contributed by atoms with van der Waals surface area (Å²) in [6, 6.07) is 5.61. The van der Waals surface area contributed by atoms with E-state index in [1.807, 2.05) is 36.9 Å². The van der Waals surface area contributed by atoms with Crippen LogP contribution in [0.4, 0.5) is 11.4 Å². The topological polar surface area (TPSA) is 83.6 Å². The molecule has 0 aromatic heterocycles. The molecule has 0 bridgehead atoms. The minimum atomic E-state index is -3.94. The fourth-order valence-electron chi connectivity index (χ4n) is 1.62. The Labute approximate surface area is 102 Å². The van der Waals surface area contributed by atoms with Gasteiger partial charge in [0.15, 0.2) is 0 Å². The predicted molar refractivity (Wildman–Crippen MR) is 69.9 cm³/mol. The lowest BCUT2D eigenvalue weighted by Crippen LogP contribution is -2.29. The molecule has 96 valence electrons. The van der Waals surface area contributed by atoms with Gasteiger partial charge in [-0.25, -0.2) is 0 Å². The molecule has 1 rings (SSSR count). The maximum atomic E-state index is 10.7. The lowest BCUT2D eigenvalue weighted by Gasteiger charge is -2.24. The smallest absolute Gasteiger partial charge is 0.266 e. The van der Waals surface area contributed by atoms with E-state index >= 15 is 0 Å². The first-order valence-electron chi connectivity index (χ1n) is 5.40. The van der Waals surface area contributed by atoms with Crippen molar-refractivity contribution in [1.82, 2.24) is 0 Å². The summed E-state index contributed by atoms with van der Waals surface area (Å²) < 4.78 is 30.2. The van der Waals surface area contributed by atoms with Crippen LogP contribution >= 0.6 is 0 Å². The van der Waals surface area contributed by atoms with Gasteiger partial charge in [0, 0.05) is 13.1 Å². The lowest BCUT2D eigenvalue weighted by molar-refractivity contribution is 0.482. The number of para-hydroxylation sites is 1. The molecule has 0 fully saturated rings. The molecular weight excluding hydrogens is 240 g/mol. The normalized spacial score (nSPS) is 11.5. The molecule has 6 heteroatoms. The largest absolute Gasteiger partial charge is 0.397 e. The number of benzene rings is 1. The van der Waals surface area contributed by atoms with Crippen LogP contribution in [-0.2, 0) is 10.1 Å². The number of anilines is 2. The summed E-state index contributed by atoms with van der Waals surface area (Å²) in [5.41, 5.74) is 8.34. The number of nitrogens with zero attached hydrogens (tertiary/aromatic N) is 1. The van der Waals surface area contributed by atoms with Crippen molar-refractivity contribution in [1.29, 1.82) is 0 Å². The number of hydrogen-bond donors (Lipinski definition) is 2. The molecule has 0 unspecified atom stereocenters. The molecule has 0 aliphatic carbocycles. The van der Waals surface area contributed by atoms with Crippen LogP contribution in [0, 0.1) is 6.92 Å². The SMILES string of the molecule is CCN(CCS(=O)(=O)O)c1cccc(C)c1N. The fraction of sp³-hybridized carbons (Fsp3) is 0.455. The summed E-state index contributed by atoms with van der Waals surface area (Å²) in [4.78, 5) is 1.83. The van der Waals surface area contributed by atoms with Crippen molar-refractivity contribution in [2.45, 2.75) is 13.8 Å². The first-order valence-corrected chi connectivity index (χ1v) is 7.01. The van der Waals surface area contributed by atoms with E-state index in [4.69, 9.17) is 10.3 Å². The monoisotopic (exact) mass is 258 g/mol. The highest BCUT2D eigenvalue weighted by Crippen LogP contribution is 2.25. The van der Waals surface area contributed by atoms with E-state index in [2.05, 4.69) is 0 Å². The predicted octanol–water partition coefficient (Wildman–Crippen LogP) is 1.29. The van der Waals surface area contributed by atoms with Crippen molar-refractivity contribution in [3.8, 4) is 0 Å². The molecule has 0 atom stereocenters. The van der Waals surface area contributed by atoms with Crippen molar-refractivity contribution in [3.05, 3.63) is 23.8 Å². The number of aryl methyl sites for hydroxylation is 1. The van der Waals surface area contributed by atoms with E-state index in [1.165, 1.54) is 0 Å². The number of nitrogens with two attached hydrogens (primary N) is 1. The Balaban J connectivity index is 2.90. The summed E-state index contributed by atoms with van der Waals surface area (Å²) in [7, 11) is -3.94. The summed E-state index contributed by atoms with van der Waals surface area (Å²) in [5, 5.41) is 0. The van der Waals surface area contributed by atoms with Gasteiger partial charge in [0.25, 0.3) is 10.1 Å². The molecule has 0 aliphatic rings. The zero-order valence-corrected chi connectivity index (χ0v) is 10.9. The Bertz CT molecular complexity index is 485. The Hall–Kier alpha value is -1.27. The first kappa shape index (κ1) is 13.8. The summed E-state index contributed by atoms with van der Waals surface area (Å²) >= 11 is 0. The van der Waals surface area contributed by atoms with Gasteiger partial charge in [0.05, 0.1) is 17.1 Å². The molecule has 3 N–H and O–H groups in total. The summed E-state index contributed by atoms with van der Waals surface area (Å²) in [6.45, 7) is 4.66. The van der Waals surface area contributed by atoms with Crippen molar-refractivity contribution in [2.75, 3.05) is 29.5 Å². The van der Waals surface area contributed by atoms with E-state index in [0.717, 1.165) is 11.3 Å². The third-order valence-corrected chi connectivity index (χ3v) is 3.34. The third-order valence-electron chi connectivity index (χ3n) is 2.64. The van der Waals surface area contributed by atoms with Gasteiger partial charge in [-0.1, -0.05) is 12.1 Å². The van der Waals surface area contributed by atoms with E-state index < -0.39 is 10.1 Å². The second kappa shape index (κ2) is 5.37. The van der Waals surface area contributed by atoms with E-state index in [9.17, 15) is 8.42 Å². The van der Waals surface area contributed by atoms with E-state index in [0.29, 0.717) is 12.2 Å². The molecule has 0 saturated heterocycles. The van der Waals surface area contributed by atoms with Crippen LogP contribution < -0.4 is 10.6 Å². The Kier molecular flexibility index (Phi) is 4.36. The maximum Gasteiger partial charge on any atom is 0.266 e. The maximum absolute atomic E-state index is 10.7. The standard InChI is InChI=1S/C11H18N2O3S/c1-3-13(7-8-17(14,15)16)10-6-4-5-9(2)11(10)12/h4-6H,3,7-8,12H2,1-2H3,(H,14,15,16). The molecule has 0 amide bonds.